The summed E-state index contributed by atoms with van der Waals surface area (Å²) in [5, 5.41) is 23.8. The van der Waals surface area contributed by atoms with Crippen LogP contribution in [0.5, 0.6) is 0 Å². The number of anilines is 1. The summed E-state index contributed by atoms with van der Waals surface area (Å²) in [6.45, 7) is 12.6. The number of carboxylic acids is 1. The normalized spacial score (nSPS) is 19.6. The van der Waals surface area contributed by atoms with Crippen LogP contribution in [0.4, 0.5) is 5.69 Å². The number of carbonyl (C=O) groups is 7. The van der Waals surface area contributed by atoms with E-state index in [-0.39, 0.29) is 87.5 Å². The summed E-state index contributed by atoms with van der Waals surface area (Å²) < 4.78 is 23.3. The third-order valence-corrected chi connectivity index (χ3v) is 16.1. The number of nitrogens with one attached hydrogen (secondary N) is 2. The number of rotatable bonds is 29. The maximum absolute atomic E-state index is 14.0. The highest BCUT2D eigenvalue weighted by molar-refractivity contribution is 7.13. The Bertz CT molecular complexity index is 2760. The van der Waals surface area contributed by atoms with Crippen molar-refractivity contribution in [1.29, 1.82) is 0 Å². The molecule has 3 aliphatic rings. The molecule has 0 saturated heterocycles. The van der Waals surface area contributed by atoms with E-state index >= 15 is 0 Å². The van der Waals surface area contributed by atoms with Gasteiger partial charge in [0, 0.05) is 45.3 Å². The summed E-state index contributed by atoms with van der Waals surface area (Å²) in [5.74, 6) is -4.39. The molecule has 440 valence electrons. The first-order valence-electron chi connectivity index (χ1n) is 28.0. The number of ether oxygens (including phenoxy) is 4. The topological polar surface area (TPSA) is 289 Å². The Labute approximate surface area is 479 Å². The van der Waals surface area contributed by atoms with Crippen molar-refractivity contribution in [1.82, 2.24) is 15.6 Å². The predicted molar refractivity (Wildman–Crippen MR) is 307 cm³/mol. The van der Waals surface area contributed by atoms with Crippen molar-refractivity contribution in [3.63, 3.8) is 0 Å². The van der Waals surface area contributed by atoms with Gasteiger partial charge in [-0.05, 0) is 104 Å². The van der Waals surface area contributed by atoms with Crippen molar-refractivity contribution in [2.75, 3.05) is 44.5 Å². The number of thiazole rings is 1. The first kappa shape index (κ1) is 63.9. The molecule has 0 radical (unpaired) electrons. The number of hydrogen-bond acceptors (Lipinski definition) is 15. The zero-order valence-corrected chi connectivity index (χ0v) is 48.4. The molecule has 0 bridgehead atoms. The van der Waals surface area contributed by atoms with Gasteiger partial charge in [0.2, 0.25) is 23.6 Å². The standard InChI is InChI=1S/C59H78N6O11S.C2H4O2/c1-36-55(77-35-63-36)42-17-15-39(16-18-42)32-62-57(71)47-31-45(66)30-46(47)54(70)56(59(3,4)5)64-52(69)34-75-27-26-74-25-24-73-23-7-8-38-11-13-40(14-12-38)33-76-37(2)43(20-22-51(61)68)29-50(67)49-28-44-10-6-9-41-19-21-48(60)58(72)65(49)53(41)44;1-2(3)4/h6,9-18,35,37,43,45-49,56,66H,7-8,19-34,60H2,1-5H3,(H2,61,68)(H,62,71)(H,64,69);1H3,(H,3,4)/t37-,43-,45+,46?,47-,48+,49+,56-;/m1./s1. The van der Waals surface area contributed by atoms with E-state index < -0.39 is 59.3 Å². The van der Waals surface area contributed by atoms with Gasteiger partial charge in [-0.15, -0.1) is 11.3 Å². The number of Topliss-reactive ketones (excluding diaryl/α,β-unsaturated/α-hetero) is 2. The number of aromatic nitrogens is 1. The van der Waals surface area contributed by atoms with Crippen LogP contribution in [0.2, 0.25) is 0 Å². The second-order valence-corrected chi connectivity index (χ2v) is 23.3. The Morgan fingerprint density at radius 3 is 2.16 bits per heavy atom. The third-order valence-electron chi connectivity index (χ3n) is 15.1. The van der Waals surface area contributed by atoms with Crippen LogP contribution in [0, 0.1) is 30.1 Å². The maximum atomic E-state index is 14.0. The number of nitrogens with two attached hydrogens (primary N) is 2. The molecule has 4 aromatic rings. The summed E-state index contributed by atoms with van der Waals surface area (Å²) in [6.07, 6.45) is 3.06. The maximum Gasteiger partial charge on any atom is 0.300 e. The zero-order chi connectivity index (χ0) is 58.8. The van der Waals surface area contributed by atoms with Crippen LogP contribution in [0.1, 0.15) is 113 Å². The Kier molecular flexibility index (Phi) is 24.2. The number of carbonyl (C=O) groups excluding carboxylic acids is 6. The first-order valence-corrected chi connectivity index (χ1v) is 28.9. The Hall–Kier alpha value is -6.26. The van der Waals surface area contributed by atoms with Crippen LogP contribution in [-0.4, -0.2) is 126 Å². The van der Waals surface area contributed by atoms with Crippen LogP contribution in [-0.2, 0) is 84.9 Å². The van der Waals surface area contributed by atoms with Crippen LogP contribution in [0.3, 0.4) is 0 Å². The van der Waals surface area contributed by atoms with Gasteiger partial charge in [-0.3, -0.25) is 38.5 Å². The molecule has 1 aromatic heterocycles. The number of benzene rings is 3. The minimum atomic E-state index is -0.900. The molecule has 8 atom stereocenters. The van der Waals surface area contributed by atoms with Crippen LogP contribution in [0.15, 0.2) is 72.2 Å². The Balaban J connectivity index is 0.00000255. The molecule has 81 heavy (non-hydrogen) atoms. The average Bonchev–Trinajstić information content (AvgIpc) is 4.25. The van der Waals surface area contributed by atoms with Crippen molar-refractivity contribution in [2.45, 2.75) is 149 Å². The van der Waals surface area contributed by atoms with Crippen LogP contribution >= 0.6 is 11.3 Å². The molecular weight excluding hydrogens is 1060 g/mol. The van der Waals surface area contributed by atoms with Gasteiger partial charge in [-0.1, -0.05) is 87.5 Å². The molecule has 1 aliphatic carbocycles. The van der Waals surface area contributed by atoms with Gasteiger partial charge in [0.25, 0.3) is 5.97 Å². The molecule has 0 spiro atoms. The second kappa shape index (κ2) is 30.7. The van der Waals surface area contributed by atoms with Crippen molar-refractivity contribution >= 4 is 58.2 Å². The number of aliphatic hydroxyl groups is 1. The number of aryl methyl sites for hydroxylation is 3. The minimum absolute atomic E-state index is 0.0769. The summed E-state index contributed by atoms with van der Waals surface area (Å²) in [5.41, 5.74) is 20.8. The van der Waals surface area contributed by atoms with Gasteiger partial charge >= 0.3 is 0 Å². The molecule has 8 N–H and O–H groups in total. The monoisotopic (exact) mass is 1140 g/mol. The summed E-state index contributed by atoms with van der Waals surface area (Å²) in [7, 11) is 0. The number of amides is 4. The smallest absolute Gasteiger partial charge is 0.300 e. The minimum Gasteiger partial charge on any atom is -0.481 e. The van der Waals surface area contributed by atoms with Gasteiger partial charge in [-0.25, -0.2) is 4.98 Å². The Morgan fingerprint density at radius 1 is 0.877 bits per heavy atom. The predicted octanol–water partition coefficient (Wildman–Crippen LogP) is 5.97. The van der Waals surface area contributed by atoms with E-state index in [1.807, 2.05) is 94.7 Å². The van der Waals surface area contributed by atoms with Crippen molar-refractivity contribution < 1.29 is 62.7 Å². The van der Waals surface area contributed by atoms with Crippen molar-refractivity contribution in [2.24, 2.45) is 34.6 Å². The lowest BCUT2D eigenvalue weighted by atomic mass is 9.77. The number of aliphatic hydroxyl groups excluding tert-OH is 1. The molecular formula is C61H82N6O13S. The number of aliphatic carboxylic acids is 1. The van der Waals surface area contributed by atoms with E-state index in [0.717, 1.165) is 69.4 Å². The van der Waals surface area contributed by atoms with E-state index in [4.69, 9.17) is 40.3 Å². The molecule has 2 aliphatic heterocycles. The fraction of sp³-hybridized carbons (Fsp3) is 0.541. The lowest BCUT2D eigenvalue weighted by molar-refractivity contribution is -0.138. The molecule has 4 amide bonds. The van der Waals surface area contributed by atoms with E-state index in [2.05, 4.69) is 27.8 Å². The van der Waals surface area contributed by atoms with E-state index in [1.165, 1.54) is 0 Å². The molecule has 3 heterocycles. The number of ketones is 2. The quantitative estimate of drug-likeness (QED) is 0.0342. The lowest BCUT2D eigenvalue weighted by Gasteiger charge is -2.33. The van der Waals surface area contributed by atoms with Gasteiger partial charge in [0.05, 0.1) is 91.1 Å². The van der Waals surface area contributed by atoms with Crippen molar-refractivity contribution in [3.8, 4) is 10.4 Å². The number of para-hydroxylation sites is 1. The molecule has 7 rings (SSSR count). The van der Waals surface area contributed by atoms with Gasteiger partial charge in [0.1, 0.15) is 6.61 Å². The molecule has 20 heteroatoms. The molecule has 19 nitrogen and oxygen atoms in total. The average molecular weight is 1140 g/mol. The van der Waals surface area contributed by atoms with Crippen LogP contribution < -0.4 is 27.0 Å². The summed E-state index contributed by atoms with van der Waals surface area (Å²) in [6, 6.07) is 19.8. The van der Waals surface area contributed by atoms with Crippen molar-refractivity contribution in [3.05, 3.63) is 106 Å². The highest BCUT2D eigenvalue weighted by atomic mass is 32.1. The second-order valence-electron chi connectivity index (χ2n) is 22.5. The third kappa shape index (κ3) is 18.9. The number of nitrogens with zero attached hydrogens (tertiary/aromatic N) is 2. The van der Waals surface area contributed by atoms with E-state index in [1.54, 1.807) is 16.2 Å². The fourth-order valence-electron chi connectivity index (χ4n) is 10.7. The summed E-state index contributed by atoms with van der Waals surface area (Å²) >= 11 is 1.57. The number of carboxylic acid groups (broad SMARTS) is 1. The van der Waals surface area contributed by atoms with Gasteiger partial charge < -0.3 is 51.3 Å². The largest absolute Gasteiger partial charge is 0.481 e. The summed E-state index contributed by atoms with van der Waals surface area (Å²) in [4.78, 5) is 95.9. The zero-order valence-electron chi connectivity index (χ0n) is 47.6. The fourth-order valence-corrected chi connectivity index (χ4v) is 11.5. The lowest BCUT2D eigenvalue weighted by Crippen LogP contribution is -2.53. The molecule has 1 fully saturated rings. The highest BCUT2D eigenvalue weighted by Gasteiger charge is 2.47. The van der Waals surface area contributed by atoms with E-state index in [9.17, 15) is 33.9 Å². The first-order chi connectivity index (χ1) is 38.6. The number of primary amides is 1. The molecule has 1 unspecified atom stereocenters. The van der Waals surface area contributed by atoms with E-state index in [0.29, 0.717) is 52.1 Å². The van der Waals surface area contributed by atoms with Gasteiger partial charge in [0.15, 0.2) is 11.6 Å². The van der Waals surface area contributed by atoms with Gasteiger partial charge in [-0.2, -0.15) is 0 Å². The SMILES string of the molecule is CC(=O)O.Cc1ncsc1-c1ccc(CNC(=O)[C@@H]2C[C@@H](O)CC2C(=O)[C@@H](NC(=O)COCCOCCOCCCc2ccc(CO[C@H](C)[C@H](CCC(N)=O)CC(=O)[C@@H]3Cc4cccc5c4N3C(=O)[C@@H](N)CC5)cc2)C(C)(C)C)cc1. The Morgan fingerprint density at radius 2 is 1.51 bits per heavy atom. The van der Waals surface area contributed by atoms with Crippen LogP contribution in [0.25, 0.3) is 10.4 Å². The highest BCUT2D eigenvalue weighted by Crippen LogP contribution is 2.40. The molecule has 3 aromatic carbocycles. The molecule has 1 saturated carbocycles. The number of hydrogen-bond donors (Lipinski definition) is 6.